The Bertz CT molecular complexity index is 441. The molecule has 0 N–H and O–H groups in total. The third-order valence-corrected chi connectivity index (χ3v) is 2.03. The zero-order valence-electron chi connectivity index (χ0n) is 8.61. The Balaban J connectivity index is 0.00000112. The van der Waals surface area contributed by atoms with Crippen molar-refractivity contribution in [3.63, 3.8) is 0 Å². The van der Waals surface area contributed by atoms with Crippen LogP contribution >= 0.6 is 0 Å². The Hall–Kier alpha value is -1.05. The maximum atomic E-state index is 4.37. The molecule has 2 nitrogen and oxygen atoms in total. The van der Waals surface area contributed by atoms with E-state index in [1.807, 2.05) is 38.1 Å². The molecule has 0 aliphatic rings. The van der Waals surface area contributed by atoms with Gasteiger partial charge in [-0.15, -0.1) is 35.9 Å². The summed E-state index contributed by atoms with van der Waals surface area (Å²) in [6.07, 6.45) is 1.78. The van der Waals surface area contributed by atoms with Crippen LogP contribution in [0.15, 0.2) is 30.5 Å². The molecule has 1 heterocycles. The summed E-state index contributed by atoms with van der Waals surface area (Å²) >= 11 is 0. The van der Waals surface area contributed by atoms with E-state index in [0.29, 0.717) is 0 Å². The van der Waals surface area contributed by atoms with Gasteiger partial charge in [0.15, 0.2) is 0 Å². The molecule has 0 bridgehead atoms. The van der Waals surface area contributed by atoms with Gasteiger partial charge in [-0.05, 0) is 13.8 Å². The quantitative estimate of drug-likeness (QED) is 0.716. The van der Waals surface area contributed by atoms with E-state index in [9.17, 15) is 0 Å². The molecule has 0 saturated heterocycles. The fourth-order valence-corrected chi connectivity index (χ4v) is 1.40. The first-order chi connectivity index (χ1) is 6.77. The molecule has 0 spiro atoms. The zero-order chi connectivity index (χ0) is 9.97. The third-order valence-electron chi connectivity index (χ3n) is 2.03. The number of aromatic nitrogens is 2. The van der Waals surface area contributed by atoms with E-state index in [2.05, 4.69) is 16.0 Å². The Morgan fingerprint density at radius 3 is 2.60 bits per heavy atom. The van der Waals surface area contributed by atoms with Crippen LogP contribution in [-0.4, -0.2) is 9.97 Å². The van der Waals surface area contributed by atoms with Gasteiger partial charge in [-0.25, -0.2) is 0 Å². The zero-order valence-corrected chi connectivity index (χ0v) is 11.0. The fraction of sp³-hybridized carbons (Fsp3) is 0.167. The summed E-state index contributed by atoms with van der Waals surface area (Å²) in [7, 11) is 0. The van der Waals surface area contributed by atoms with Gasteiger partial charge in [0.2, 0.25) is 0 Å². The molecule has 1 aromatic heterocycles. The van der Waals surface area contributed by atoms with E-state index in [0.717, 1.165) is 22.6 Å². The molecular weight excluding hydrogens is 364 g/mol. The van der Waals surface area contributed by atoms with Crippen LogP contribution in [0, 0.1) is 19.9 Å². The average molecular weight is 375 g/mol. The van der Waals surface area contributed by atoms with Crippen molar-refractivity contribution in [1.29, 1.82) is 0 Å². The predicted octanol–water partition coefficient (Wildman–Crippen LogP) is 2.56. The van der Waals surface area contributed by atoms with Crippen molar-refractivity contribution in [2.75, 3.05) is 0 Å². The normalized spacial score (nSPS) is 9.47. The van der Waals surface area contributed by atoms with Gasteiger partial charge >= 0.3 is 0 Å². The predicted molar refractivity (Wildman–Crippen MR) is 55.8 cm³/mol. The summed E-state index contributed by atoms with van der Waals surface area (Å²) in [6.45, 7) is 3.91. The van der Waals surface area contributed by atoms with Crippen LogP contribution in [0.1, 0.15) is 11.4 Å². The van der Waals surface area contributed by atoms with Gasteiger partial charge in [-0.3, -0.25) is 4.98 Å². The summed E-state index contributed by atoms with van der Waals surface area (Å²) in [5.74, 6) is 0. The van der Waals surface area contributed by atoms with Gasteiger partial charge < -0.3 is 4.98 Å². The molecule has 2 aromatic rings. The van der Waals surface area contributed by atoms with Crippen LogP contribution < -0.4 is 0 Å². The number of rotatable bonds is 1. The fourth-order valence-electron chi connectivity index (χ4n) is 1.40. The molecule has 79 valence electrons. The Morgan fingerprint density at radius 1 is 1.20 bits per heavy atom. The van der Waals surface area contributed by atoms with E-state index in [1.54, 1.807) is 6.20 Å². The molecule has 0 atom stereocenters. The second kappa shape index (κ2) is 5.15. The van der Waals surface area contributed by atoms with E-state index in [1.165, 1.54) is 0 Å². The summed E-state index contributed by atoms with van der Waals surface area (Å²) in [5.41, 5.74) is 3.81. The van der Waals surface area contributed by atoms with Gasteiger partial charge in [0.05, 0.1) is 5.69 Å². The topological polar surface area (TPSA) is 25.8 Å². The van der Waals surface area contributed by atoms with Crippen molar-refractivity contribution in [3.8, 4) is 11.3 Å². The Morgan fingerprint density at radius 2 is 2.00 bits per heavy atom. The molecule has 2 rings (SSSR count). The molecule has 0 fully saturated rings. The van der Waals surface area contributed by atoms with Crippen LogP contribution in [0.25, 0.3) is 11.3 Å². The minimum Gasteiger partial charge on any atom is -0.301 e. The molecule has 0 amide bonds. The molecule has 1 aromatic carbocycles. The average Bonchev–Trinajstić information content (AvgIpc) is 2.19. The number of nitrogens with zero attached hydrogens (tertiary/aromatic N) is 2. The van der Waals surface area contributed by atoms with Crippen LogP contribution in [-0.2, 0) is 20.1 Å². The van der Waals surface area contributed by atoms with Gasteiger partial charge in [0.1, 0.15) is 0 Å². The molecular formula is C12H11IrN2-. The van der Waals surface area contributed by atoms with E-state index < -0.39 is 0 Å². The summed E-state index contributed by atoms with van der Waals surface area (Å²) in [4.78, 5) is 8.72. The van der Waals surface area contributed by atoms with Gasteiger partial charge in [0, 0.05) is 37.7 Å². The van der Waals surface area contributed by atoms with Crippen molar-refractivity contribution in [2.45, 2.75) is 13.8 Å². The first-order valence-electron chi connectivity index (χ1n) is 4.55. The summed E-state index contributed by atoms with van der Waals surface area (Å²) < 4.78 is 0. The Kier molecular flexibility index (Phi) is 4.13. The maximum absolute atomic E-state index is 4.37. The van der Waals surface area contributed by atoms with Crippen molar-refractivity contribution < 1.29 is 20.1 Å². The molecule has 0 aliphatic heterocycles. The number of hydrogen-bond donors (Lipinski definition) is 0. The molecule has 0 aliphatic carbocycles. The standard InChI is InChI=1S/C12H11N2.Ir/c1-9-8-13-12(10(2)14-9)11-6-4-3-5-7-11;/h3-6,8H,1-2H3;/q-1;. The van der Waals surface area contributed by atoms with E-state index in [-0.39, 0.29) is 20.1 Å². The minimum absolute atomic E-state index is 0. The molecule has 3 heteroatoms. The number of hydrogen-bond acceptors (Lipinski definition) is 2. The van der Waals surface area contributed by atoms with Crippen LogP contribution in [0.4, 0.5) is 0 Å². The van der Waals surface area contributed by atoms with Crippen molar-refractivity contribution in [2.24, 2.45) is 0 Å². The van der Waals surface area contributed by atoms with Gasteiger partial charge in [-0.1, -0.05) is 0 Å². The Labute approximate surface area is 103 Å². The smallest absolute Gasteiger partial charge is 0.0539 e. The van der Waals surface area contributed by atoms with E-state index in [4.69, 9.17) is 0 Å². The minimum atomic E-state index is 0. The van der Waals surface area contributed by atoms with Crippen LogP contribution in [0.2, 0.25) is 0 Å². The SMILES string of the molecule is Cc1cnc(-c2[c-]cccc2)c(C)n1.[Ir]. The monoisotopic (exact) mass is 376 g/mol. The van der Waals surface area contributed by atoms with E-state index >= 15 is 0 Å². The van der Waals surface area contributed by atoms with Crippen molar-refractivity contribution in [3.05, 3.63) is 47.9 Å². The molecule has 1 radical (unpaired) electrons. The van der Waals surface area contributed by atoms with Crippen molar-refractivity contribution in [1.82, 2.24) is 9.97 Å². The molecule has 0 unspecified atom stereocenters. The van der Waals surface area contributed by atoms with Gasteiger partial charge in [0.25, 0.3) is 0 Å². The summed E-state index contributed by atoms with van der Waals surface area (Å²) in [5, 5.41) is 0. The first-order valence-corrected chi connectivity index (χ1v) is 4.55. The summed E-state index contributed by atoms with van der Waals surface area (Å²) in [6, 6.07) is 10.9. The second-order valence-electron chi connectivity index (χ2n) is 3.22. The number of benzene rings is 1. The first kappa shape index (κ1) is 12.0. The van der Waals surface area contributed by atoms with Crippen LogP contribution in [0.5, 0.6) is 0 Å². The van der Waals surface area contributed by atoms with Crippen LogP contribution in [0.3, 0.4) is 0 Å². The largest absolute Gasteiger partial charge is 0.301 e. The van der Waals surface area contributed by atoms with Crippen molar-refractivity contribution >= 4 is 0 Å². The molecule has 15 heavy (non-hydrogen) atoms. The second-order valence-corrected chi connectivity index (χ2v) is 3.22. The van der Waals surface area contributed by atoms with Gasteiger partial charge in [-0.2, -0.15) is 0 Å². The third kappa shape index (κ3) is 2.71. The molecule has 0 saturated carbocycles. The number of aryl methyl sites for hydroxylation is 2. The maximum Gasteiger partial charge on any atom is 0.0539 e.